The summed E-state index contributed by atoms with van der Waals surface area (Å²) in [5.74, 6) is -6.88. The van der Waals surface area contributed by atoms with E-state index < -0.39 is 88.2 Å². The Morgan fingerprint density at radius 2 is 1.95 bits per heavy atom. The van der Waals surface area contributed by atoms with E-state index in [1.165, 1.54) is 0 Å². The monoisotopic (exact) mass is 552 g/mol. The number of rotatable bonds is 7. The molecule has 1 saturated heterocycles. The molecule has 37 heavy (non-hydrogen) atoms. The molecule has 2 aromatic heterocycles. The van der Waals surface area contributed by atoms with Crippen molar-refractivity contribution >= 4 is 34.2 Å². The van der Waals surface area contributed by atoms with Crippen molar-refractivity contribution in [3.05, 3.63) is 40.8 Å². The zero-order valence-corrected chi connectivity index (χ0v) is 19.2. The lowest BCUT2D eigenvalue weighted by Crippen LogP contribution is -2.41. The quantitative estimate of drug-likeness (QED) is 0.424. The number of ether oxygens (including phenoxy) is 2. The number of aliphatic hydroxyl groups excluding tert-OH is 1. The highest BCUT2D eigenvalue weighted by atomic mass is 35.5. The van der Waals surface area contributed by atoms with E-state index in [-0.39, 0.29) is 6.54 Å². The molecular weight excluding hydrogens is 538 g/mol. The molecule has 1 atom stereocenters. The van der Waals surface area contributed by atoms with Crippen molar-refractivity contribution in [3.63, 3.8) is 0 Å². The van der Waals surface area contributed by atoms with Gasteiger partial charge in [0.15, 0.2) is 29.8 Å². The van der Waals surface area contributed by atoms with Crippen molar-refractivity contribution < 1.29 is 45.7 Å². The van der Waals surface area contributed by atoms with Crippen molar-refractivity contribution in [2.75, 3.05) is 24.8 Å². The molecular formula is C20H15ClF6N6O4. The Balaban J connectivity index is 1.89. The molecule has 3 heterocycles. The number of fused-ring (bicyclic) bond motifs is 1. The highest BCUT2D eigenvalue weighted by molar-refractivity contribution is 6.32. The number of hydrogen-bond acceptors (Lipinski definition) is 8. The summed E-state index contributed by atoms with van der Waals surface area (Å²) in [5.41, 5.74) is 2.50. The number of alkyl halides is 3. The summed E-state index contributed by atoms with van der Waals surface area (Å²) >= 11 is 5.81. The van der Waals surface area contributed by atoms with Crippen LogP contribution in [0, 0.1) is 17.5 Å². The average Bonchev–Trinajstić information content (AvgIpc) is 3.15. The first kappa shape index (κ1) is 26.4. The van der Waals surface area contributed by atoms with Gasteiger partial charge in [-0.1, -0.05) is 11.6 Å². The lowest BCUT2D eigenvalue weighted by molar-refractivity contribution is -0.153. The van der Waals surface area contributed by atoms with Gasteiger partial charge in [0, 0.05) is 12.6 Å². The zero-order valence-electron chi connectivity index (χ0n) is 18.5. The molecule has 1 unspecified atom stereocenters. The van der Waals surface area contributed by atoms with Crippen LogP contribution in [-0.2, 0) is 0 Å². The number of hydrogen-bond donors (Lipinski definition) is 2. The Bertz CT molecular complexity index is 1340. The molecule has 1 aliphatic heterocycles. The summed E-state index contributed by atoms with van der Waals surface area (Å²) in [6.45, 7) is -0.800. The number of likely N-dealkylation sites (N-methyl/N-ethyl adjacent to an activating group) is 1. The van der Waals surface area contributed by atoms with E-state index in [1.54, 1.807) is 6.92 Å². The summed E-state index contributed by atoms with van der Waals surface area (Å²) in [6, 6.07) is 0.241. The molecule has 3 aromatic rings. The molecule has 1 aliphatic rings. The number of pyridine rings is 1. The number of hydrazine groups is 1. The summed E-state index contributed by atoms with van der Waals surface area (Å²) < 4.78 is 92.2. The van der Waals surface area contributed by atoms with Crippen molar-refractivity contribution in [2.24, 2.45) is 0 Å². The second kappa shape index (κ2) is 10.0. The minimum absolute atomic E-state index is 0.0909. The van der Waals surface area contributed by atoms with Gasteiger partial charge in [-0.3, -0.25) is 0 Å². The van der Waals surface area contributed by atoms with Crippen LogP contribution in [0.2, 0.25) is 5.02 Å². The maximum absolute atomic E-state index is 15.6. The summed E-state index contributed by atoms with van der Waals surface area (Å²) in [5, 5.41) is 15.4. The Kier molecular flexibility index (Phi) is 7.16. The zero-order chi connectivity index (χ0) is 27.1. The number of amides is 2. The van der Waals surface area contributed by atoms with Crippen LogP contribution in [0.4, 0.5) is 37.0 Å². The smallest absolute Gasteiger partial charge is 0.422 e. The third-order valence-electron chi connectivity index (χ3n) is 5.02. The van der Waals surface area contributed by atoms with Gasteiger partial charge in [-0.05, 0) is 13.0 Å². The first-order chi connectivity index (χ1) is 17.4. The average molecular weight is 553 g/mol. The second-order valence-electron chi connectivity index (χ2n) is 7.43. The van der Waals surface area contributed by atoms with Crippen LogP contribution < -0.4 is 19.9 Å². The highest BCUT2D eigenvalue weighted by Crippen LogP contribution is 2.41. The SMILES string of the molecule is CCN1C(=O)N(c2nc(OCC(F)(F)F)c3c(Oc4c(F)cc(F)cc4Cl)nncc3c2F)NC1CO. The van der Waals surface area contributed by atoms with Gasteiger partial charge < -0.3 is 19.5 Å². The Labute approximate surface area is 208 Å². The normalized spacial score (nSPS) is 16.1. The van der Waals surface area contributed by atoms with Gasteiger partial charge in [0.2, 0.25) is 5.88 Å². The number of aromatic nitrogens is 3. The van der Waals surface area contributed by atoms with Gasteiger partial charge in [0.1, 0.15) is 17.4 Å². The number of benzene rings is 1. The van der Waals surface area contributed by atoms with E-state index in [4.69, 9.17) is 21.1 Å². The van der Waals surface area contributed by atoms with Gasteiger partial charge in [-0.25, -0.2) is 23.0 Å². The van der Waals surface area contributed by atoms with E-state index in [2.05, 4.69) is 20.6 Å². The molecule has 0 radical (unpaired) electrons. The van der Waals surface area contributed by atoms with Gasteiger partial charge in [0.05, 0.1) is 23.2 Å². The summed E-state index contributed by atoms with van der Waals surface area (Å²) in [6.07, 6.45) is -5.06. The molecule has 4 rings (SSSR count). The molecule has 198 valence electrons. The predicted molar refractivity (Wildman–Crippen MR) is 115 cm³/mol. The third-order valence-corrected chi connectivity index (χ3v) is 5.30. The number of anilines is 1. The van der Waals surface area contributed by atoms with Gasteiger partial charge in [-0.2, -0.15) is 28.7 Å². The van der Waals surface area contributed by atoms with Crippen LogP contribution in [0.3, 0.4) is 0 Å². The molecule has 0 spiro atoms. The third kappa shape index (κ3) is 5.12. The summed E-state index contributed by atoms with van der Waals surface area (Å²) in [4.78, 5) is 17.6. The van der Waals surface area contributed by atoms with Crippen LogP contribution in [0.25, 0.3) is 10.8 Å². The molecule has 2 N–H and O–H groups in total. The van der Waals surface area contributed by atoms with Crippen molar-refractivity contribution in [1.82, 2.24) is 25.5 Å². The molecule has 10 nitrogen and oxygen atoms in total. The minimum atomic E-state index is -4.86. The van der Waals surface area contributed by atoms with Crippen molar-refractivity contribution in [3.8, 4) is 17.5 Å². The predicted octanol–water partition coefficient (Wildman–Crippen LogP) is 3.91. The van der Waals surface area contributed by atoms with Gasteiger partial charge in [-0.15, -0.1) is 5.10 Å². The van der Waals surface area contributed by atoms with Crippen LogP contribution in [-0.4, -0.2) is 63.3 Å². The summed E-state index contributed by atoms with van der Waals surface area (Å²) in [7, 11) is 0. The number of urea groups is 1. The number of halogens is 7. The van der Waals surface area contributed by atoms with Crippen LogP contribution in [0.5, 0.6) is 17.5 Å². The molecule has 2 amide bonds. The fraction of sp³-hybridized carbons (Fsp3) is 0.300. The minimum Gasteiger partial charge on any atom is -0.467 e. The molecule has 0 bridgehead atoms. The van der Waals surface area contributed by atoms with E-state index in [1.807, 2.05) is 0 Å². The molecule has 0 aliphatic carbocycles. The Morgan fingerprint density at radius 3 is 2.54 bits per heavy atom. The lowest BCUT2D eigenvalue weighted by atomic mass is 10.2. The number of nitrogens with one attached hydrogen (secondary N) is 1. The van der Waals surface area contributed by atoms with E-state index >= 15 is 4.39 Å². The molecule has 0 saturated carbocycles. The van der Waals surface area contributed by atoms with Gasteiger partial charge >= 0.3 is 12.2 Å². The maximum atomic E-state index is 15.6. The highest BCUT2D eigenvalue weighted by Gasteiger charge is 2.40. The van der Waals surface area contributed by atoms with Crippen molar-refractivity contribution in [2.45, 2.75) is 19.3 Å². The number of aliphatic hydroxyl groups is 1. The van der Waals surface area contributed by atoms with Gasteiger partial charge in [0.25, 0.3) is 5.88 Å². The first-order valence-corrected chi connectivity index (χ1v) is 10.7. The van der Waals surface area contributed by atoms with Crippen LogP contribution >= 0.6 is 11.6 Å². The Morgan fingerprint density at radius 1 is 1.22 bits per heavy atom. The second-order valence-corrected chi connectivity index (χ2v) is 7.84. The number of nitrogens with zero attached hydrogens (tertiary/aromatic N) is 5. The van der Waals surface area contributed by atoms with E-state index in [9.17, 15) is 31.9 Å². The largest absolute Gasteiger partial charge is 0.467 e. The van der Waals surface area contributed by atoms with E-state index in [0.29, 0.717) is 17.1 Å². The number of carbonyl (C=O) groups excluding carboxylic acids is 1. The maximum Gasteiger partial charge on any atom is 0.422 e. The fourth-order valence-corrected chi connectivity index (χ4v) is 3.68. The lowest BCUT2D eigenvalue weighted by Gasteiger charge is -2.19. The molecule has 1 fully saturated rings. The topological polar surface area (TPSA) is 113 Å². The van der Waals surface area contributed by atoms with Crippen molar-refractivity contribution in [1.29, 1.82) is 0 Å². The van der Waals surface area contributed by atoms with Crippen LogP contribution in [0.1, 0.15) is 6.92 Å². The Hall–Kier alpha value is -3.63. The molecule has 17 heteroatoms. The first-order valence-electron chi connectivity index (χ1n) is 10.3. The van der Waals surface area contributed by atoms with Crippen LogP contribution in [0.15, 0.2) is 18.3 Å². The standard InChI is InChI=1S/C20H15ClF6N6O4/c1-2-32-12(6-34)31-33(19(32)35)16-14(24)9-5-28-30-18(13(9)17(29-16)36-7-20(25,26)27)37-15-10(21)3-8(22)4-11(15)23/h3-5,12,31,34H,2,6-7H2,1H3. The fourth-order valence-electron chi connectivity index (χ4n) is 3.44. The molecule has 1 aromatic carbocycles. The number of carbonyl (C=O) groups is 1. The van der Waals surface area contributed by atoms with E-state index in [0.717, 1.165) is 11.1 Å².